The zero-order valence-electron chi connectivity index (χ0n) is 15.6. The molecule has 2 rings (SSSR count). The number of likely N-dealkylation sites (tertiary alicyclic amines) is 1. The Hall–Kier alpha value is -1.49. The highest BCUT2D eigenvalue weighted by molar-refractivity contribution is 5.80. The highest BCUT2D eigenvalue weighted by atomic mass is 16.3. The van der Waals surface area contributed by atoms with Gasteiger partial charge in [-0.15, -0.1) is 0 Å². The summed E-state index contributed by atoms with van der Waals surface area (Å²) in [5, 5.41) is 7.10. The molecule has 0 spiro atoms. The molecule has 0 aromatic carbocycles. The Kier molecular flexibility index (Phi) is 8.16. The first kappa shape index (κ1) is 18.8. The SMILES string of the molecule is CCCN1CCC(NC(=NCC(C)C)NCCc2ccco2)CC1. The summed E-state index contributed by atoms with van der Waals surface area (Å²) in [5.74, 6) is 2.53. The molecule has 0 atom stereocenters. The number of hydrogen-bond donors (Lipinski definition) is 2. The molecule has 1 aliphatic heterocycles. The van der Waals surface area contributed by atoms with Gasteiger partial charge in [0.2, 0.25) is 0 Å². The minimum Gasteiger partial charge on any atom is -0.469 e. The Morgan fingerprint density at radius 2 is 2.17 bits per heavy atom. The maximum atomic E-state index is 5.39. The van der Waals surface area contributed by atoms with Crippen molar-refractivity contribution in [3.63, 3.8) is 0 Å². The van der Waals surface area contributed by atoms with Crippen LogP contribution in [-0.4, -0.2) is 49.6 Å². The van der Waals surface area contributed by atoms with Gasteiger partial charge < -0.3 is 20.0 Å². The van der Waals surface area contributed by atoms with Crippen LogP contribution in [0.1, 0.15) is 45.8 Å². The molecule has 5 heteroatoms. The summed E-state index contributed by atoms with van der Waals surface area (Å²) < 4.78 is 5.39. The van der Waals surface area contributed by atoms with Crippen LogP contribution in [0, 0.1) is 5.92 Å². The van der Waals surface area contributed by atoms with Crippen LogP contribution in [0.2, 0.25) is 0 Å². The van der Waals surface area contributed by atoms with E-state index >= 15 is 0 Å². The van der Waals surface area contributed by atoms with E-state index in [9.17, 15) is 0 Å². The molecule has 0 unspecified atom stereocenters. The van der Waals surface area contributed by atoms with Crippen molar-refractivity contribution in [2.75, 3.05) is 32.7 Å². The van der Waals surface area contributed by atoms with Crippen molar-refractivity contribution >= 4 is 5.96 Å². The molecule has 2 N–H and O–H groups in total. The van der Waals surface area contributed by atoms with Crippen molar-refractivity contribution in [1.29, 1.82) is 0 Å². The van der Waals surface area contributed by atoms with Gasteiger partial charge in [-0.25, -0.2) is 0 Å². The van der Waals surface area contributed by atoms with Gasteiger partial charge in [-0.05, 0) is 43.9 Å². The number of nitrogens with one attached hydrogen (secondary N) is 2. The highest BCUT2D eigenvalue weighted by Gasteiger charge is 2.19. The Labute approximate surface area is 146 Å². The molecule has 0 saturated carbocycles. The summed E-state index contributed by atoms with van der Waals surface area (Å²) in [6.45, 7) is 12.0. The molecule has 5 nitrogen and oxygen atoms in total. The van der Waals surface area contributed by atoms with Crippen LogP contribution < -0.4 is 10.6 Å². The van der Waals surface area contributed by atoms with Crippen LogP contribution in [0.3, 0.4) is 0 Å². The van der Waals surface area contributed by atoms with Crippen LogP contribution in [0.15, 0.2) is 27.8 Å². The van der Waals surface area contributed by atoms with E-state index in [-0.39, 0.29) is 0 Å². The summed E-state index contributed by atoms with van der Waals surface area (Å²) >= 11 is 0. The fraction of sp³-hybridized carbons (Fsp3) is 0.737. The third kappa shape index (κ3) is 6.95. The molecule has 0 bridgehead atoms. The average Bonchev–Trinajstić information content (AvgIpc) is 3.08. The van der Waals surface area contributed by atoms with Crippen molar-refractivity contribution in [2.24, 2.45) is 10.9 Å². The standard InChI is InChI=1S/C19H34N4O/c1-4-11-23-12-8-17(9-13-23)22-19(21-15-16(2)3)20-10-7-18-6-5-14-24-18/h5-6,14,16-17H,4,7-13,15H2,1-3H3,(H2,20,21,22). The van der Waals surface area contributed by atoms with E-state index in [0.717, 1.165) is 31.2 Å². The third-order valence-electron chi connectivity index (χ3n) is 4.33. The van der Waals surface area contributed by atoms with Crippen LogP contribution in [0.4, 0.5) is 0 Å². The molecule has 136 valence electrons. The number of hydrogen-bond acceptors (Lipinski definition) is 3. The Bertz CT molecular complexity index is 462. The molecule has 2 heterocycles. The summed E-state index contributed by atoms with van der Waals surface area (Å²) in [5.41, 5.74) is 0. The van der Waals surface area contributed by atoms with Crippen molar-refractivity contribution in [1.82, 2.24) is 15.5 Å². The monoisotopic (exact) mass is 334 g/mol. The van der Waals surface area contributed by atoms with E-state index in [2.05, 4.69) is 36.3 Å². The van der Waals surface area contributed by atoms with E-state index in [1.54, 1.807) is 6.26 Å². The molecule has 1 aromatic heterocycles. The second-order valence-electron chi connectivity index (χ2n) is 7.10. The quantitative estimate of drug-likeness (QED) is 0.567. The fourth-order valence-corrected chi connectivity index (χ4v) is 3.00. The van der Waals surface area contributed by atoms with E-state index in [4.69, 9.17) is 9.41 Å². The molecule has 24 heavy (non-hydrogen) atoms. The first-order valence-electron chi connectivity index (χ1n) is 9.47. The number of rotatable bonds is 8. The topological polar surface area (TPSA) is 52.8 Å². The Morgan fingerprint density at radius 1 is 1.38 bits per heavy atom. The Morgan fingerprint density at radius 3 is 2.79 bits per heavy atom. The first-order chi connectivity index (χ1) is 11.7. The van der Waals surface area contributed by atoms with Gasteiger partial charge in [0, 0.05) is 38.6 Å². The number of furan rings is 1. The third-order valence-corrected chi connectivity index (χ3v) is 4.33. The van der Waals surface area contributed by atoms with Gasteiger partial charge in [-0.1, -0.05) is 20.8 Å². The Balaban J connectivity index is 1.78. The number of nitrogens with zero attached hydrogens (tertiary/aromatic N) is 2. The second kappa shape index (κ2) is 10.4. The lowest BCUT2D eigenvalue weighted by molar-refractivity contribution is 0.206. The van der Waals surface area contributed by atoms with Crippen molar-refractivity contribution in [2.45, 2.75) is 52.5 Å². The van der Waals surface area contributed by atoms with Crippen LogP contribution in [0.25, 0.3) is 0 Å². The van der Waals surface area contributed by atoms with Crippen molar-refractivity contribution in [3.05, 3.63) is 24.2 Å². The zero-order chi connectivity index (χ0) is 17.2. The number of aliphatic imine (C=N–C) groups is 1. The molecular formula is C19H34N4O. The predicted molar refractivity (Wildman–Crippen MR) is 100 cm³/mol. The highest BCUT2D eigenvalue weighted by Crippen LogP contribution is 2.10. The maximum Gasteiger partial charge on any atom is 0.191 e. The van der Waals surface area contributed by atoms with Gasteiger partial charge in [0.05, 0.1) is 6.26 Å². The number of piperidine rings is 1. The van der Waals surface area contributed by atoms with Crippen molar-refractivity contribution < 1.29 is 4.42 Å². The average molecular weight is 335 g/mol. The van der Waals surface area contributed by atoms with Crippen LogP contribution in [-0.2, 0) is 6.42 Å². The molecular weight excluding hydrogens is 300 g/mol. The lowest BCUT2D eigenvalue weighted by Crippen LogP contribution is -2.49. The molecule has 0 amide bonds. The fourth-order valence-electron chi connectivity index (χ4n) is 3.00. The smallest absolute Gasteiger partial charge is 0.191 e. The maximum absolute atomic E-state index is 5.39. The van der Waals surface area contributed by atoms with Gasteiger partial charge in [0.25, 0.3) is 0 Å². The lowest BCUT2D eigenvalue weighted by Gasteiger charge is -2.33. The first-order valence-corrected chi connectivity index (χ1v) is 9.47. The molecule has 1 aliphatic rings. The van der Waals surface area contributed by atoms with Gasteiger partial charge >= 0.3 is 0 Å². The predicted octanol–water partition coefficient (Wildman–Crippen LogP) is 2.89. The second-order valence-corrected chi connectivity index (χ2v) is 7.10. The minimum atomic E-state index is 0.528. The summed E-state index contributed by atoms with van der Waals surface area (Å²) in [4.78, 5) is 7.30. The van der Waals surface area contributed by atoms with Crippen LogP contribution >= 0.6 is 0 Å². The molecule has 1 fully saturated rings. The summed E-state index contributed by atoms with van der Waals surface area (Å²) in [7, 11) is 0. The lowest BCUT2D eigenvalue weighted by atomic mass is 10.1. The van der Waals surface area contributed by atoms with E-state index in [1.807, 2.05) is 12.1 Å². The van der Waals surface area contributed by atoms with Crippen LogP contribution in [0.5, 0.6) is 0 Å². The summed E-state index contributed by atoms with van der Waals surface area (Å²) in [6, 6.07) is 4.48. The van der Waals surface area contributed by atoms with Crippen molar-refractivity contribution in [3.8, 4) is 0 Å². The van der Waals surface area contributed by atoms with Gasteiger partial charge in [-0.3, -0.25) is 4.99 Å². The zero-order valence-corrected chi connectivity index (χ0v) is 15.6. The molecule has 0 aliphatic carbocycles. The van der Waals surface area contributed by atoms with Gasteiger partial charge in [-0.2, -0.15) is 0 Å². The molecule has 1 aromatic rings. The van der Waals surface area contributed by atoms with Gasteiger partial charge in [0.15, 0.2) is 5.96 Å². The molecule has 1 saturated heterocycles. The van der Waals surface area contributed by atoms with Gasteiger partial charge in [0.1, 0.15) is 5.76 Å². The largest absolute Gasteiger partial charge is 0.469 e. The van der Waals surface area contributed by atoms with E-state index in [0.29, 0.717) is 12.0 Å². The molecule has 0 radical (unpaired) electrons. The number of guanidine groups is 1. The summed E-state index contributed by atoms with van der Waals surface area (Å²) in [6.07, 6.45) is 6.24. The minimum absolute atomic E-state index is 0.528. The normalized spacial score (nSPS) is 17.4. The van der Waals surface area contributed by atoms with E-state index < -0.39 is 0 Å². The van der Waals surface area contributed by atoms with E-state index in [1.165, 1.54) is 38.9 Å².